The molecular weight excluding hydrogens is 334 g/mol. The molecule has 5 nitrogen and oxygen atoms in total. The van der Waals surface area contributed by atoms with Crippen molar-refractivity contribution < 1.29 is 9.59 Å². The Balaban J connectivity index is 1.93. The Morgan fingerprint density at radius 2 is 2.00 bits per heavy atom. The molecule has 1 saturated heterocycles. The topological polar surface area (TPSA) is 70.2 Å². The normalized spacial score (nSPS) is 15.9. The number of benzene rings is 1. The summed E-state index contributed by atoms with van der Waals surface area (Å²) in [6, 6.07) is 7.33. The van der Waals surface area contributed by atoms with Crippen molar-refractivity contribution in [3.63, 3.8) is 0 Å². The van der Waals surface area contributed by atoms with Crippen LogP contribution in [-0.4, -0.2) is 31.4 Å². The van der Waals surface area contributed by atoms with Crippen LogP contribution in [0.5, 0.6) is 0 Å². The molecule has 1 atom stereocenters. The second-order valence-electron chi connectivity index (χ2n) is 5.34. The van der Waals surface area contributed by atoms with Crippen LogP contribution in [0.3, 0.4) is 0 Å². The Kier molecular flexibility index (Phi) is 5.76. The van der Waals surface area contributed by atoms with Crippen LogP contribution in [0, 0.1) is 5.92 Å². The van der Waals surface area contributed by atoms with Gasteiger partial charge in [-0.15, -0.1) is 0 Å². The summed E-state index contributed by atoms with van der Waals surface area (Å²) >= 11 is 3.38. The fourth-order valence-corrected chi connectivity index (χ4v) is 2.47. The summed E-state index contributed by atoms with van der Waals surface area (Å²) in [7, 11) is 0. The molecule has 1 aliphatic heterocycles. The Morgan fingerprint density at radius 1 is 1.33 bits per heavy atom. The molecule has 1 heterocycles. The van der Waals surface area contributed by atoms with E-state index in [4.69, 9.17) is 0 Å². The first-order valence-corrected chi connectivity index (χ1v) is 7.84. The molecule has 1 aromatic carbocycles. The fourth-order valence-electron chi connectivity index (χ4n) is 2.20. The van der Waals surface area contributed by atoms with Gasteiger partial charge in [0, 0.05) is 36.9 Å². The first-order valence-electron chi connectivity index (χ1n) is 7.04. The lowest BCUT2D eigenvalue weighted by atomic mass is 10.0. The maximum Gasteiger partial charge on any atom is 0.222 e. The standard InChI is InChI=1S/C15H20BrN3O2/c1-10(20)19-14(12-2-4-13(16)5-3-12)6-15(21)18-9-11-7-17-8-11/h2-5,11,14,17H,6-9H2,1H3,(H,18,21)(H,19,20). The largest absolute Gasteiger partial charge is 0.356 e. The molecule has 21 heavy (non-hydrogen) atoms. The number of rotatable bonds is 6. The number of carbonyl (C=O) groups is 2. The first-order chi connectivity index (χ1) is 10.0. The van der Waals surface area contributed by atoms with E-state index in [1.807, 2.05) is 24.3 Å². The van der Waals surface area contributed by atoms with Gasteiger partial charge in [0.05, 0.1) is 12.5 Å². The van der Waals surface area contributed by atoms with Crippen LogP contribution in [-0.2, 0) is 9.59 Å². The quantitative estimate of drug-likeness (QED) is 0.722. The minimum Gasteiger partial charge on any atom is -0.356 e. The lowest BCUT2D eigenvalue weighted by molar-refractivity contribution is -0.123. The summed E-state index contributed by atoms with van der Waals surface area (Å²) in [4.78, 5) is 23.4. The van der Waals surface area contributed by atoms with Gasteiger partial charge in [-0.1, -0.05) is 28.1 Å². The lowest BCUT2D eigenvalue weighted by Gasteiger charge is -2.27. The smallest absolute Gasteiger partial charge is 0.222 e. The lowest BCUT2D eigenvalue weighted by Crippen LogP contribution is -2.48. The van der Waals surface area contributed by atoms with Crippen LogP contribution in [0.2, 0.25) is 0 Å². The molecule has 1 aromatic rings. The molecule has 3 N–H and O–H groups in total. The van der Waals surface area contributed by atoms with E-state index in [1.165, 1.54) is 6.92 Å². The number of carbonyl (C=O) groups excluding carboxylic acids is 2. The first kappa shape index (κ1) is 16.0. The van der Waals surface area contributed by atoms with Crippen molar-refractivity contribution in [2.75, 3.05) is 19.6 Å². The maximum atomic E-state index is 12.0. The third-order valence-electron chi connectivity index (χ3n) is 3.49. The molecule has 0 radical (unpaired) electrons. The summed E-state index contributed by atoms with van der Waals surface area (Å²) in [5, 5.41) is 8.93. The zero-order valence-electron chi connectivity index (χ0n) is 12.0. The minimum absolute atomic E-state index is 0.0384. The number of hydrogen-bond donors (Lipinski definition) is 3. The average molecular weight is 354 g/mol. The monoisotopic (exact) mass is 353 g/mol. The van der Waals surface area contributed by atoms with E-state index in [1.54, 1.807) is 0 Å². The van der Waals surface area contributed by atoms with Crippen molar-refractivity contribution in [2.45, 2.75) is 19.4 Å². The molecule has 1 fully saturated rings. The Hall–Kier alpha value is -1.40. The fraction of sp³-hybridized carbons (Fsp3) is 0.467. The molecular formula is C15H20BrN3O2. The molecule has 0 saturated carbocycles. The minimum atomic E-state index is -0.296. The molecule has 0 aromatic heterocycles. The zero-order chi connectivity index (χ0) is 15.2. The number of hydrogen-bond acceptors (Lipinski definition) is 3. The van der Waals surface area contributed by atoms with E-state index in [-0.39, 0.29) is 24.3 Å². The summed E-state index contributed by atoms with van der Waals surface area (Å²) in [6.07, 6.45) is 0.251. The molecule has 1 aliphatic rings. The predicted octanol–water partition coefficient (Wildman–Crippen LogP) is 1.35. The summed E-state index contributed by atoms with van der Waals surface area (Å²) in [5.41, 5.74) is 0.925. The van der Waals surface area contributed by atoms with E-state index >= 15 is 0 Å². The van der Waals surface area contributed by atoms with Crippen molar-refractivity contribution in [1.29, 1.82) is 0 Å². The molecule has 114 valence electrons. The van der Waals surface area contributed by atoms with Crippen molar-refractivity contribution in [1.82, 2.24) is 16.0 Å². The highest BCUT2D eigenvalue weighted by atomic mass is 79.9. The molecule has 0 bridgehead atoms. The van der Waals surface area contributed by atoms with E-state index in [0.29, 0.717) is 12.5 Å². The van der Waals surface area contributed by atoms with Gasteiger partial charge in [-0.05, 0) is 17.7 Å². The Labute approximate surface area is 133 Å². The van der Waals surface area contributed by atoms with Gasteiger partial charge >= 0.3 is 0 Å². The zero-order valence-corrected chi connectivity index (χ0v) is 13.6. The highest BCUT2D eigenvalue weighted by Crippen LogP contribution is 2.19. The van der Waals surface area contributed by atoms with E-state index in [0.717, 1.165) is 23.1 Å². The molecule has 0 spiro atoms. The van der Waals surface area contributed by atoms with Crippen molar-refractivity contribution in [3.8, 4) is 0 Å². The number of nitrogens with one attached hydrogen (secondary N) is 3. The highest BCUT2D eigenvalue weighted by Gasteiger charge is 2.20. The summed E-state index contributed by atoms with van der Waals surface area (Å²) < 4.78 is 0.967. The van der Waals surface area contributed by atoms with Crippen LogP contribution >= 0.6 is 15.9 Å². The average Bonchev–Trinajstić information content (AvgIpc) is 2.36. The second kappa shape index (κ2) is 7.56. The van der Waals surface area contributed by atoms with Gasteiger partial charge < -0.3 is 16.0 Å². The van der Waals surface area contributed by atoms with Crippen molar-refractivity contribution in [3.05, 3.63) is 34.3 Å². The third kappa shape index (κ3) is 5.13. The molecule has 0 aliphatic carbocycles. The maximum absolute atomic E-state index is 12.0. The van der Waals surface area contributed by atoms with Gasteiger partial charge in [-0.3, -0.25) is 9.59 Å². The Bertz CT molecular complexity index is 500. The van der Waals surface area contributed by atoms with Crippen LogP contribution in [0.15, 0.2) is 28.7 Å². The van der Waals surface area contributed by atoms with E-state index < -0.39 is 0 Å². The summed E-state index contributed by atoms with van der Waals surface area (Å²) in [5.74, 6) is 0.350. The number of amides is 2. The number of halogens is 1. The van der Waals surface area contributed by atoms with Crippen LogP contribution in [0.1, 0.15) is 24.9 Å². The van der Waals surface area contributed by atoms with Crippen LogP contribution in [0.25, 0.3) is 0 Å². The molecule has 2 rings (SSSR count). The predicted molar refractivity (Wildman–Crippen MR) is 84.7 cm³/mol. The summed E-state index contributed by atoms with van der Waals surface area (Å²) in [6.45, 7) is 4.08. The van der Waals surface area contributed by atoms with Crippen molar-refractivity contribution >= 4 is 27.7 Å². The SMILES string of the molecule is CC(=O)NC(CC(=O)NCC1CNC1)c1ccc(Br)cc1. The highest BCUT2D eigenvalue weighted by molar-refractivity contribution is 9.10. The second-order valence-corrected chi connectivity index (χ2v) is 6.25. The van der Waals surface area contributed by atoms with Gasteiger partial charge in [0.2, 0.25) is 11.8 Å². The Morgan fingerprint density at radius 3 is 2.52 bits per heavy atom. The van der Waals surface area contributed by atoms with Gasteiger partial charge in [0.25, 0.3) is 0 Å². The van der Waals surface area contributed by atoms with Crippen molar-refractivity contribution in [2.24, 2.45) is 5.92 Å². The van der Waals surface area contributed by atoms with Gasteiger partial charge in [0.1, 0.15) is 0 Å². The van der Waals surface area contributed by atoms with Gasteiger partial charge in [-0.2, -0.15) is 0 Å². The van der Waals surface area contributed by atoms with Crippen LogP contribution < -0.4 is 16.0 Å². The van der Waals surface area contributed by atoms with Gasteiger partial charge in [0.15, 0.2) is 0 Å². The molecule has 6 heteroatoms. The van der Waals surface area contributed by atoms with Crippen LogP contribution in [0.4, 0.5) is 0 Å². The van der Waals surface area contributed by atoms with E-state index in [9.17, 15) is 9.59 Å². The molecule has 1 unspecified atom stereocenters. The van der Waals surface area contributed by atoms with Gasteiger partial charge in [-0.25, -0.2) is 0 Å². The molecule has 2 amide bonds. The third-order valence-corrected chi connectivity index (χ3v) is 4.02. The van der Waals surface area contributed by atoms with E-state index in [2.05, 4.69) is 31.9 Å².